The van der Waals surface area contributed by atoms with Crippen LogP contribution in [0.15, 0.2) is 53.6 Å². The molecule has 1 fully saturated rings. The van der Waals surface area contributed by atoms with Gasteiger partial charge < -0.3 is 10.6 Å². The lowest BCUT2D eigenvalue weighted by molar-refractivity contribution is -0.116. The van der Waals surface area contributed by atoms with Crippen LogP contribution < -0.4 is 10.6 Å². The summed E-state index contributed by atoms with van der Waals surface area (Å²) in [5.41, 5.74) is 3.75. The van der Waals surface area contributed by atoms with Crippen LogP contribution in [0.5, 0.6) is 0 Å². The number of pyridine rings is 1. The number of aryl methyl sites for hydroxylation is 1. The molecule has 2 aliphatic rings. The Morgan fingerprint density at radius 2 is 1.94 bits per heavy atom. The fourth-order valence-corrected chi connectivity index (χ4v) is 4.68. The van der Waals surface area contributed by atoms with Crippen LogP contribution in [0.25, 0.3) is 10.9 Å². The lowest BCUT2D eigenvalue weighted by atomic mass is 10.0. The molecule has 2 heterocycles. The van der Waals surface area contributed by atoms with Crippen molar-refractivity contribution in [3.63, 3.8) is 0 Å². The van der Waals surface area contributed by atoms with E-state index < -0.39 is 0 Å². The van der Waals surface area contributed by atoms with Gasteiger partial charge in [-0.3, -0.25) is 14.4 Å². The molecule has 162 valence electrons. The van der Waals surface area contributed by atoms with Crippen LogP contribution in [0.3, 0.4) is 0 Å². The molecule has 0 radical (unpaired) electrons. The minimum absolute atomic E-state index is 0.00712. The third-order valence-electron chi connectivity index (χ3n) is 5.75. The Labute approximate surface area is 190 Å². The molecule has 0 saturated heterocycles. The van der Waals surface area contributed by atoms with E-state index in [1.807, 2.05) is 36.4 Å². The summed E-state index contributed by atoms with van der Waals surface area (Å²) in [6.07, 6.45) is 4.09. The third-order valence-corrected chi connectivity index (χ3v) is 6.66. The van der Waals surface area contributed by atoms with E-state index in [1.54, 1.807) is 12.1 Å². The van der Waals surface area contributed by atoms with Gasteiger partial charge >= 0.3 is 0 Å². The molecule has 2 aromatic carbocycles. The van der Waals surface area contributed by atoms with Crippen LogP contribution in [0.4, 0.5) is 5.69 Å². The van der Waals surface area contributed by atoms with E-state index in [2.05, 4.69) is 15.6 Å². The van der Waals surface area contributed by atoms with Gasteiger partial charge in [-0.1, -0.05) is 30.0 Å². The normalized spacial score (nSPS) is 15.6. The quantitative estimate of drug-likeness (QED) is 0.434. The van der Waals surface area contributed by atoms with E-state index in [1.165, 1.54) is 11.8 Å². The minimum Gasteiger partial charge on any atom is -0.349 e. The average Bonchev–Trinajstić information content (AvgIpc) is 3.63. The second-order valence-corrected chi connectivity index (χ2v) is 9.25. The Morgan fingerprint density at radius 3 is 2.78 bits per heavy atom. The Balaban J connectivity index is 1.34. The molecule has 0 unspecified atom stereocenters. The number of ketones is 1. The predicted molar refractivity (Wildman–Crippen MR) is 125 cm³/mol. The van der Waals surface area contributed by atoms with Crippen LogP contribution in [-0.2, 0) is 11.2 Å². The molecule has 0 spiro atoms. The van der Waals surface area contributed by atoms with Crippen molar-refractivity contribution in [3.8, 4) is 0 Å². The first-order chi connectivity index (χ1) is 15.6. The van der Waals surface area contributed by atoms with Gasteiger partial charge in [0.05, 0.1) is 21.9 Å². The molecule has 5 rings (SSSR count). The molecule has 1 aliphatic heterocycles. The van der Waals surface area contributed by atoms with E-state index in [0.29, 0.717) is 22.6 Å². The average molecular weight is 446 g/mol. The molecule has 2 amide bonds. The standard InChI is InChI=1S/C25H23N3O3S/c29-22(16-8-11-20-15(12-16)4-3-7-23(30)27-20)14-32-24-13-19(25(31)26-17-9-10-17)18-5-1-2-6-21(18)28-24/h1-2,5-6,8,11-13,17H,3-4,7,9-10,14H2,(H,26,31)(H,27,30). The molecule has 0 atom stereocenters. The SMILES string of the molecule is O=C1CCCc2cc(C(=O)CSc3cc(C(=O)NC4CC4)c4ccccc4n3)ccc2N1. The van der Waals surface area contributed by atoms with Gasteiger partial charge in [-0.05, 0) is 61.6 Å². The van der Waals surface area contributed by atoms with Crippen LogP contribution in [0.1, 0.15) is 52.0 Å². The third kappa shape index (κ3) is 4.53. The highest BCUT2D eigenvalue weighted by atomic mass is 32.2. The second kappa shape index (κ2) is 8.74. The van der Waals surface area contributed by atoms with Crippen LogP contribution in [0, 0.1) is 0 Å². The van der Waals surface area contributed by atoms with Gasteiger partial charge in [-0.2, -0.15) is 0 Å². The summed E-state index contributed by atoms with van der Waals surface area (Å²) in [6.45, 7) is 0. The van der Waals surface area contributed by atoms with Gasteiger partial charge in [0.1, 0.15) is 0 Å². The first kappa shape index (κ1) is 20.7. The van der Waals surface area contributed by atoms with Crippen molar-refractivity contribution < 1.29 is 14.4 Å². The fraction of sp³-hybridized carbons (Fsp3) is 0.280. The van der Waals surface area contributed by atoms with Crippen molar-refractivity contribution in [2.75, 3.05) is 11.1 Å². The number of amides is 2. The van der Waals surface area contributed by atoms with Crippen molar-refractivity contribution >= 4 is 45.9 Å². The fourth-order valence-electron chi connectivity index (χ4n) is 3.87. The molecular formula is C25H23N3O3S. The number of Topliss-reactive ketones (excluding diaryl/α,β-unsaturated/α-hetero) is 1. The Hall–Kier alpha value is -3.19. The largest absolute Gasteiger partial charge is 0.349 e. The maximum Gasteiger partial charge on any atom is 0.252 e. The van der Waals surface area contributed by atoms with Crippen LogP contribution in [-0.4, -0.2) is 34.4 Å². The number of fused-ring (bicyclic) bond motifs is 2. The maximum absolute atomic E-state index is 12.9. The van der Waals surface area contributed by atoms with Crippen LogP contribution >= 0.6 is 11.8 Å². The Bertz CT molecular complexity index is 1240. The molecule has 7 heteroatoms. The molecular weight excluding hydrogens is 422 g/mol. The number of nitrogens with one attached hydrogen (secondary N) is 2. The Morgan fingerprint density at radius 1 is 1.09 bits per heavy atom. The molecule has 2 N–H and O–H groups in total. The van der Waals surface area contributed by atoms with Gasteiger partial charge in [0, 0.05) is 29.1 Å². The number of nitrogens with zero attached hydrogens (tertiary/aromatic N) is 1. The monoisotopic (exact) mass is 445 g/mol. The summed E-state index contributed by atoms with van der Waals surface area (Å²) in [5.74, 6) is 0.141. The number of aromatic nitrogens is 1. The summed E-state index contributed by atoms with van der Waals surface area (Å²) in [5, 5.41) is 7.41. The molecule has 3 aromatic rings. The molecule has 32 heavy (non-hydrogen) atoms. The molecule has 6 nitrogen and oxygen atoms in total. The van der Waals surface area contributed by atoms with Gasteiger partial charge in [-0.25, -0.2) is 4.98 Å². The first-order valence-electron chi connectivity index (χ1n) is 10.9. The number of hydrogen-bond donors (Lipinski definition) is 2. The van der Waals surface area contributed by atoms with Gasteiger partial charge in [-0.15, -0.1) is 0 Å². The summed E-state index contributed by atoms with van der Waals surface area (Å²) in [4.78, 5) is 42.0. The molecule has 1 saturated carbocycles. The zero-order chi connectivity index (χ0) is 22.1. The number of hydrogen-bond acceptors (Lipinski definition) is 5. The molecule has 0 bridgehead atoms. The number of benzene rings is 2. The highest BCUT2D eigenvalue weighted by Gasteiger charge is 2.25. The number of anilines is 1. The number of rotatable bonds is 6. The van der Waals surface area contributed by atoms with Gasteiger partial charge in [0.25, 0.3) is 5.91 Å². The smallest absolute Gasteiger partial charge is 0.252 e. The number of carbonyl (C=O) groups excluding carboxylic acids is 3. The molecule has 1 aliphatic carbocycles. The molecule has 1 aromatic heterocycles. The van der Waals surface area contributed by atoms with Crippen molar-refractivity contribution in [2.24, 2.45) is 0 Å². The van der Waals surface area contributed by atoms with E-state index in [4.69, 9.17) is 0 Å². The lowest BCUT2D eigenvalue weighted by Crippen LogP contribution is -2.25. The van der Waals surface area contributed by atoms with Crippen molar-refractivity contribution in [1.82, 2.24) is 10.3 Å². The number of thioether (sulfide) groups is 1. The van der Waals surface area contributed by atoms with E-state index in [-0.39, 0.29) is 29.4 Å². The van der Waals surface area contributed by atoms with E-state index in [0.717, 1.165) is 47.8 Å². The van der Waals surface area contributed by atoms with Crippen molar-refractivity contribution in [1.29, 1.82) is 0 Å². The number of carbonyl (C=O) groups is 3. The van der Waals surface area contributed by atoms with E-state index in [9.17, 15) is 14.4 Å². The van der Waals surface area contributed by atoms with Crippen molar-refractivity contribution in [2.45, 2.75) is 43.2 Å². The highest BCUT2D eigenvalue weighted by Crippen LogP contribution is 2.28. The summed E-state index contributed by atoms with van der Waals surface area (Å²) in [7, 11) is 0. The highest BCUT2D eigenvalue weighted by molar-refractivity contribution is 7.99. The summed E-state index contributed by atoms with van der Waals surface area (Å²) >= 11 is 1.34. The zero-order valence-electron chi connectivity index (χ0n) is 17.5. The topological polar surface area (TPSA) is 88.2 Å². The maximum atomic E-state index is 12.9. The van der Waals surface area contributed by atoms with E-state index >= 15 is 0 Å². The van der Waals surface area contributed by atoms with Gasteiger partial charge in [0.15, 0.2) is 5.78 Å². The second-order valence-electron chi connectivity index (χ2n) is 8.26. The first-order valence-corrected chi connectivity index (χ1v) is 11.8. The predicted octanol–water partition coefficient (Wildman–Crippen LogP) is 4.38. The summed E-state index contributed by atoms with van der Waals surface area (Å²) in [6, 6.07) is 15.1. The minimum atomic E-state index is -0.0907. The lowest BCUT2D eigenvalue weighted by Gasteiger charge is -2.11. The van der Waals surface area contributed by atoms with Gasteiger partial charge in [0.2, 0.25) is 5.91 Å². The number of para-hydroxylation sites is 1. The zero-order valence-corrected chi connectivity index (χ0v) is 18.3. The van der Waals surface area contributed by atoms with Crippen LogP contribution in [0.2, 0.25) is 0 Å². The van der Waals surface area contributed by atoms with Crippen molar-refractivity contribution in [3.05, 3.63) is 65.2 Å². The summed E-state index contributed by atoms with van der Waals surface area (Å²) < 4.78 is 0. The Kier molecular flexibility index (Phi) is 5.66.